The van der Waals surface area contributed by atoms with Crippen LogP contribution < -0.4 is 5.32 Å². The van der Waals surface area contributed by atoms with E-state index in [2.05, 4.69) is 14.8 Å². The van der Waals surface area contributed by atoms with Crippen molar-refractivity contribution in [1.82, 2.24) is 0 Å². The van der Waals surface area contributed by atoms with E-state index in [1.54, 1.807) is 18.4 Å². The quantitative estimate of drug-likeness (QED) is 0.814. The number of esters is 2. The molecule has 0 aliphatic carbocycles. The predicted octanol–water partition coefficient (Wildman–Crippen LogP) is 1.76. The third-order valence-electron chi connectivity index (χ3n) is 2.24. The number of ether oxygens (including phenoxy) is 2. The van der Waals surface area contributed by atoms with Crippen molar-refractivity contribution in [2.45, 2.75) is 6.92 Å². The summed E-state index contributed by atoms with van der Waals surface area (Å²) in [5, 5.41) is 5.53. The number of carbonyl (C=O) groups excluding carboxylic acids is 2. The van der Waals surface area contributed by atoms with Crippen molar-refractivity contribution in [2.75, 3.05) is 26.1 Å². The summed E-state index contributed by atoms with van der Waals surface area (Å²) in [7, 11) is 2.69. The Labute approximate surface area is 104 Å². The van der Waals surface area contributed by atoms with Crippen LogP contribution in [0.3, 0.4) is 0 Å². The standard InChI is InChI=1S/C11H15NO4S/c1-7(10(13)15-2)6-12-9-8(4-5-17-9)11(14)16-3/h4-5,7,12H,6H2,1-3H3. The van der Waals surface area contributed by atoms with E-state index in [4.69, 9.17) is 0 Å². The van der Waals surface area contributed by atoms with Crippen LogP contribution in [0.4, 0.5) is 5.00 Å². The third kappa shape index (κ3) is 3.45. The fourth-order valence-corrected chi connectivity index (χ4v) is 2.03. The first-order chi connectivity index (χ1) is 8.10. The Balaban J connectivity index is 2.61. The van der Waals surface area contributed by atoms with Gasteiger partial charge >= 0.3 is 11.9 Å². The number of hydrogen-bond acceptors (Lipinski definition) is 6. The zero-order valence-electron chi connectivity index (χ0n) is 9.98. The maximum absolute atomic E-state index is 11.4. The zero-order valence-corrected chi connectivity index (χ0v) is 10.8. The molecule has 1 rings (SSSR count). The molecule has 6 heteroatoms. The molecule has 1 atom stereocenters. The van der Waals surface area contributed by atoms with Crippen molar-refractivity contribution in [3.63, 3.8) is 0 Å². The normalized spacial score (nSPS) is 11.7. The number of methoxy groups -OCH3 is 2. The molecule has 1 unspecified atom stereocenters. The number of carbonyl (C=O) groups is 2. The van der Waals surface area contributed by atoms with Crippen molar-refractivity contribution < 1.29 is 19.1 Å². The summed E-state index contributed by atoms with van der Waals surface area (Å²) in [6.07, 6.45) is 0. The fraction of sp³-hybridized carbons (Fsp3) is 0.455. The van der Waals surface area contributed by atoms with Gasteiger partial charge in [-0.05, 0) is 11.4 Å². The van der Waals surface area contributed by atoms with Crippen molar-refractivity contribution in [2.24, 2.45) is 5.92 Å². The lowest BCUT2D eigenvalue weighted by atomic mass is 10.2. The summed E-state index contributed by atoms with van der Waals surface area (Å²) in [4.78, 5) is 22.6. The highest BCUT2D eigenvalue weighted by Crippen LogP contribution is 2.24. The van der Waals surface area contributed by atoms with E-state index in [-0.39, 0.29) is 17.9 Å². The molecular weight excluding hydrogens is 242 g/mol. The summed E-state index contributed by atoms with van der Waals surface area (Å²) >= 11 is 1.39. The Hall–Kier alpha value is -1.56. The molecule has 0 aromatic carbocycles. The van der Waals surface area contributed by atoms with Gasteiger partial charge < -0.3 is 14.8 Å². The molecule has 5 nitrogen and oxygen atoms in total. The van der Waals surface area contributed by atoms with Crippen LogP contribution in [0.5, 0.6) is 0 Å². The number of nitrogens with one attached hydrogen (secondary N) is 1. The van der Waals surface area contributed by atoms with Gasteiger partial charge in [0.05, 0.1) is 25.7 Å². The Kier molecular flexibility index (Phi) is 4.96. The Morgan fingerprint density at radius 3 is 2.71 bits per heavy atom. The molecule has 0 spiro atoms. The number of rotatable bonds is 5. The molecule has 0 aliphatic heterocycles. The molecular formula is C11H15NO4S. The molecule has 17 heavy (non-hydrogen) atoms. The van der Waals surface area contributed by atoms with E-state index in [1.807, 2.05) is 0 Å². The monoisotopic (exact) mass is 257 g/mol. The molecule has 94 valence electrons. The van der Waals surface area contributed by atoms with Crippen molar-refractivity contribution in [1.29, 1.82) is 0 Å². The van der Waals surface area contributed by atoms with E-state index in [0.29, 0.717) is 17.1 Å². The van der Waals surface area contributed by atoms with E-state index in [1.165, 1.54) is 25.6 Å². The molecule has 0 saturated carbocycles. The van der Waals surface area contributed by atoms with Crippen LogP contribution in [0.1, 0.15) is 17.3 Å². The van der Waals surface area contributed by atoms with E-state index >= 15 is 0 Å². The summed E-state index contributed by atoms with van der Waals surface area (Å²) in [5.74, 6) is -0.944. The van der Waals surface area contributed by atoms with Gasteiger partial charge in [-0.3, -0.25) is 4.79 Å². The van der Waals surface area contributed by atoms with Crippen LogP contribution in [-0.2, 0) is 14.3 Å². The first kappa shape index (κ1) is 13.5. The minimum absolute atomic E-state index is 0.271. The van der Waals surface area contributed by atoms with Crippen LogP contribution in [-0.4, -0.2) is 32.7 Å². The second-order valence-electron chi connectivity index (χ2n) is 3.46. The molecule has 1 aromatic heterocycles. The fourth-order valence-electron chi connectivity index (χ4n) is 1.25. The van der Waals surface area contributed by atoms with E-state index in [9.17, 15) is 9.59 Å². The van der Waals surface area contributed by atoms with Gasteiger partial charge in [0, 0.05) is 6.54 Å². The maximum atomic E-state index is 11.4. The average Bonchev–Trinajstić information content (AvgIpc) is 2.82. The largest absolute Gasteiger partial charge is 0.469 e. The van der Waals surface area contributed by atoms with Crippen LogP contribution in [0.25, 0.3) is 0 Å². The predicted molar refractivity (Wildman–Crippen MR) is 65.3 cm³/mol. The Morgan fingerprint density at radius 2 is 2.12 bits per heavy atom. The lowest BCUT2D eigenvalue weighted by Gasteiger charge is -2.11. The topological polar surface area (TPSA) is 64.6 Å². The summed E-state index contributed by atoms with van der Waals surface area (Å²) < 4.78 is 9.26. The number of anilines is 1. The molecule has 0 amide bonds. The average molecular weight is 257 g/mol. The molecule has 1 heterocycles. The molecule has 0 aliphatic rings. The van der Waals surface area contributed by atoms with Gasteiger partial charge in [0.2, 0.25) is 0 Å². The van der Waals surface area contributed by atoms with Crippen molar-refractivity contribution in [3.05, 3.63) is 17.0 Å². The van der Waals surface area contributed by atoms with Crippen LogP contribution >= 0.6 is 11.3 Å². The minimum atomic E-state index is -0.389. The Morgan fingerprint density at radius 1 is 1.41 bits per heavy atom. The summed E-state index contributed by atoms with van der Waals surface area (Å²) in [6, 6.07) is 1.68. The molecule has 0 saturated heterocycles. The molecule has 0 bridgehead atoms. The van der Waals surface area contributed by atoms with E-state index in [0.717, 1.165) is 0 Å². The highest BCUT2D eigenvalue weighted by Gasteiger charge is 2.16. The van der Waals surface area contributed by atoms with Crippen LogP contribution in [0, 0.1) is 5.92 Å². The maximum Gasteiger partial charge on any atom is 0.340 e. The molecule has 1 aromatic rings. The van der Waals surface area contributed by atoms with Gasteiger partial charge in [0.1, 0.15) is 5.00 Å². The highest BCUT2D eigenvalue weighted by molar-refractivity contribution is 7.14. The lowest BCUT2D eigenvalue weighted by Crippen LogP contribution is -2.21. The lowest BCUT2D eigenvalue weighted by molar-refractivity contribution is -0.144. The molecule has 0 radical (unpaired) electrons. The second-order valence-corrected chi connectivity index (χ2v) is 4.38. The molecule has 0 fully saturated rings. The van der Waals surface area contributed by atoms with Crippen LogP contribution in [0.2, 0.25) is 0 Å². The zero-order chi connectivity index (χ0) is 12.8. The first-order valence-electron chi connectivity index (χ1n) is 5.07. The number of hydrogen-bond donors (Lipinski definition) is 1. The summed E-state index contributed by atoms with van der Waals surface area (Å²) in [6.45, 7) is 2.17. The summed E-state index contributed by atoms with van der Waals surface area (Å²) in [5.41, 5.74) is 0.481. The first-order valence-corrected chi connectivity index (χ1v) is 5.95. The van der Waals surface area contributed by atoms with E-state index < -0.39 is 0 Å². The van der Waals surface area contributed by atoms with Gasteiger partial charge in [0.15, 0.2) is 0 Å². The Bertz CT molecular complexity index is 402. The van der Waals surface area contributed by atoms with Crippen molar-refractivity contribution >= 4 is 28.3 Å². The SMILES string of the molecule is COC(=O)c1ccsc1NCC(C)C(=O)OC. The van der Waals surface area contributed by atoms with Crippen molar-refractivity contribution in [3.8, 4) is 0 Å². The van der Waals surface area contributed by atoms with Gasteiger partial charge in [0.25, 0.3) is 0 Å². The van der Waals surface area contributed by atoms with Gasteiger partial charge in [-0.25, -0.2) is 4.79 Å². The van der Waals surface area contributed by atoms with Gasteiger partial charge in [-0.1, -0.05) is 6.92 Å². The second kappa shape index (κ2) is 6.24. The highest BCUT2D eigenvalue weighted by atomic mass is 32.1. The smallest absolute Gasteiger partial charge is 0.340 e. The molecule has 1 N–H and O–H groups in total. The minimum Gasteiger partial charge on any atom is -0.469 e. The number of thiophene rings is 1. The van der Waals surface area contributed by atoms with Crippen LogP contribution in [0.15, 0.2) is 11.4 Å². The van der Waals surface area contributed by atoms with Gasteiger partial charge in [-0.2, -0.15) is 0 Å². The third-order valence-corrected chi connectivity index (χ3v) is 3.12. The van der Waals surface area contributed by atoms with Gasteiger partial charge in [-0.15, -0.1) is 11.3 Å².